The fourth-order valence-electron chi connectivity index (χ4n) is 2.32. The van der Waals surface area contributed by atoms with Crippen molar-refractivity contribution in [3.05, 3.63) is 0 Å². The molecule has 0 spiro atoms. The van der Waals surface area contributed by atoms with Crippen molar-refractivity contribution in [1.29, 1.82) is 0 Å². The second kappa shape index (κ2) is 12.8. The van der Waals surface area contributed by atoms with E-state index < -0.39 is 9.52 Å². The van der Waals surface area contributed by atoms with E-state index in [9.17, 15) is 0 Å². The first-order valence-electron chi connectivity index (χ1n) is 8.19. The maximum atomic E-state index is 5.74. The van der Waals surface area contributed by atoms with Gasteiger partial charge in [-0.3, -0.25) is 0 Å². The Morgan fingerprint density at radius 3 is 2.05 bits per heavy atom. The molecule has 5 heteroatoms. The van der Waals surface area contributed by atoms with E-state index in [0.29, 0.717) is 13.2 Å². The van der Waals surface area contributed by atoms with Gasteiger partial charge in [0, 0.05) is 33.0 Å². The summed E-state index contributed by atoms with van der Waals surface area (Å²) in [6, 6.07) is 1.11. The number of rotatable bonds is 14. The molecule has 0 aromatic carbocycles. The molecule has 0 bridgehead atoms. The van der Waals surface area contributed by atoms with Gasteiger partial charge in [-0.25, -0.2) is 0 Å². The molecular weight excluding hydrogens is 270 g/mol. The predicted molar refractivity (Wildman–Crippen MR) is 88.2 cm³/mol. The average molecular weight is 306 g/mol. The van der Waals surface area contributed by atoms with Crippen LogP contribution < -0.4 is 0 Å². The standard InChI is InChI=1S/C15H35NO3Si/c1-6-16(7-2)11-10-12-17-13-14-20-15(5,18-8-3)19-9-4/h6-14,20H2,1-5H3. The first-order chi connectivity index (χ1) is 9.61. The molecule has 0 amide bonds. The van der Waals surface area contributed by atoms with Crippen LogP contribution in [0.3, 0.4) is 0 Å². The van der Waals surface area contributed by atoms with Crippen molar-refractivity contribution >= 4 is 9.52 Å². The van der Waals surface area contributed by atoms with E-state index in [0.717, 1.165) is 45.3 Å². The first kappa shape index (κ1) is 20.1. The SMILES string of the molecule is CCOC(C)(OCC)[SiH2]CCOCCCN(CC)CC. The van der Waals surface area contributed by atoms with E-state index >= 15 is 0 Å². The van der Waals surface area contributed by atoms with Crippen LogP contribution in [0.15, 0.2) is 0 Å². The molecule has 0 N–H and O–H groups in total. The minimum absolute atomic E-state index is 0.311. The van der Waals surface area contributed by atoms with Crippen molar-refractivity contribution in [2.24, 2.45) is 0 Å². The molecule has 0 aromatic rings. The second-order valence-electron chi connectivity index (χ2n) is 5.10. The normalized spacial score (nSPS) is 12.9. The third kappa shape index (κ3) is 9.88. The van der Waals surface area contributed by atoms with Crippen LogP contribution in [0.1, 0.15) is 41.0 Å². The Morgan fingerprint density at radius 1 is 0.950 bits per heavy atom. The second-order valence-corrected chi connectivity index (χ2v) is 7.59. The first-order valence-corrected chi connectivity index (χ1v) is 9.90. The van der Waals surface area contributed by atoms with Crippen LogP contribution in [-0.2, 0) is 14.2 Å². The molecule has 0 aliphatic carbocycles. The summed E-state index contributed by atoms with van der Waals surface area (Å²) in [4.78, 5) is 2.43. The van der Waals surface area contributed by atoms with Crippen LogP contribution in [0.5, 0.6) is 0 Å². The molecule has 0 fully saturated rings. The lowest BCUT2D eigenvalue weighted by Gasteiger charge is -2.29. The van der Waals surface area contributed by atoms with Crippen LogP contribution in [0, 0.1) is 0 Å². The predicted octanol–water partition coefficient (Wildman–Crippen LogP) is 2.07. The van der Waals surface area contributed by atoms with Crippen LogP contribution in [-0.4, -0.2) is 65.9 Å². The van der Waals surface area contributed by atoms with Gasteiger partial charge in [-0.15, -0.1) is 0 Å². The van der Waals surface area contributed by atoms with Crippen molar-refractivity contribution in [2.75, 3.05) is 46.1 Å². The quantitative estimate of drug-likeness (QED) is 0.279. The monoisotopic (exact) mass is 305 g/mol. The number of hydrogen-bond acceptors (Lipinski definition) is 4. The molecule has 0 aliphatic rings. The van der Waals surface area contributed by atoms with E-state index in [1.54, 1.807) is 0 Å². The highest BCUT2D eigenvalue weighted by Crippen LogP contribution is 2.12. The minimum Gasteiger partial charge on any atom is -0.382 e. The summed E-state index contributed by atoms with van der Waals surface area (Å²) >= 11 is 0. The Bertz CT molecular complexity index is 207. The van der Waals surface area contributed by atoms with Crippen molar-refractivity contribution in [2.45, 2.75) is 52.5 Å². The van der Waals surface area contributed by atoms with Crippen molar-refractivity contribution in [3.8, 4) is 0 Å². The van der Waals surface area contributed by atoms with Gasteiger partial charge in [0.25, 0.3) is 0 Å². The van der Waals surface area contributed by atoms with Crippen LogP contribution in [0.2, 0.25) is 6.04 Å². The number of ether oxygens (including phenoxy) is 3. The Balaban J connectivity index is 3.59. The zero-order valence-corrected chi connectivity index (χ0v) is 15.7. The van der Waals surface area contributed by atoms with Gasteiger partial charge in [-0.2, -0.15) is 0 Å². The van der Waals surface area contributed by atoms with Gasteiger partial charge in [0.05, 0.1) is 9.52 Å². The van der Waals surface area contributed by atoms with Gasteiger partial charge in [0.15, 0.2) is 0 Å². The summed E-state index contributed by atoms with van der Waals surface area (Å²) in [7, 11) is -0.432. The molecule has 0 aliphatic heterocycles. The molecular formula is C15H35NO3Si. The van der Waals surface area contributed by atoms with E-state index in [1.807, 2.05) is 13.8 Å². The number of nitrogens with zero attached hydrogens (tertiary/aromatic N) is 1. The Morgan fingerprint density at radius 2 is 1.55 bits per heavy atom. The Kier molecular flexibility index (Phi) is 12.8. The topological polar surface area (TPSA) is 30.9 Å². The molecule has 0 saturated heterocycles. The maximum Gasteiger partial charge on any atom is 0.142 e. The lowest BCUT2D eigenvalue weighted by atomic mass is 10.4. The lowest BCUT2D eigenvalue weighted by Crippen LogP contribution is -2.39. The summed E-state index contributed by atoms with van der Waals surface area (Å²) in [6.45, 7) is 17.1. The summed E-state index contributed by atoms with van der Waals surface area (Å²) in [5, 5.41) is 0. The van der Waals surface area contributed by atoms with E-state index in [-0.39, 0.29) is 5.41 Å². The molecule has 0 rings (SSSR count). The van der Waals surface area contributed by atoms with Gasteiger partial charge in [0.2, 0.25) is 0 Å². The molecule has 0 saturated carbocycles. The molecule has 0 atom stereocenters. The van der Waals surface area contributed by atoms with Crippen molar-refractivity contribution in [1.82, 2.24) is 4.90 Å². The summed E-state index contributed by atoms with van der Waals surface area (Å²) in [5.74, 6) is 0. The lowest BCUT2D eigenvalue weighted by molar-refractivity contribution is -0.163. The maximum absolute atomic E-state index is 5.74. The van der Waals surface area contributed by atoms with E-state index in [2.05, 4.69) is 25.7 Å². The fraction of sp³-hybridized carbons (Fsp3) is 1.00. The van der Waals surface area contributed by atoms with Crippen LogP contribution in [0.4, 0.5) is 0 Å². The van der Waals surface area contributed by atoms with Gasteiger partial charge in [-0.05, 0) is 46.3 Å². The van der Waals surface area contributed by atoms with Gasteiger partial charge >= 0.3 is 0 Å². The zero-order valence-electron chi connectivity index (χ0n) is 14.2. The molecule has 20 heavy (non-hydrogen) atoms. The zero-order chi connectivity index (χ0) is 15.3. The van der Waals surface area contributed by atoms with Crippen molar-refractivity contribution in [3.63, 3.8) is 0 Å². The Labute approximate surface area is 128 Å². The van der Waals surface area contributed by atoms with Crippen LogP contribution >= 0.6 is 0 Å². The summed E-state index contributed by atoms with van der Waals surface area (Å²) < 4.78 is 17.2. The summed E-state index contributed by atoms with van der Waals surface area (Å²) in [6.07, 6.45) is 1.12. The Hall–Kier alpha value is 0.0569. The summed E-state index contributed by atoms with van der Waals surface area (Å²) in [5.41, 5.74) is -0.311. The van der Waals surface area contributed by atoms with Gasteiger partial charge in [-0.1, -0.05) is 13.8 Å². The fourth-order valence-corrected chi connectivity index (χ4v) is 4.01. The number of hydrogen-bond donors (Lipinski definition) is 0. The molecule has 0 aromatic heterocycles. The minimum atomic E-state index is -0.432. The van der Waals surface area contributed by atoms with Crippen LogP contribution in [0.25, 0.3) is 0 Å². The van der Waals surface area contributed by atoms with Gasteiger partial charge < -0.3 is 19.1 Å². The highest BCUT2D eigenvalue weighted by atomic mass is 28.2. The molecule has 0 heterocycles. The van der Waals surface area contributed by atoms with Gasteiger partial charge in [0.1, 0.15) is 5.41 Å². The smallest absolute Gasteiger partial charge is 0.142 e. The molecule has 0 unspecified atom stereocenters. The average Bonchev–Trinajstić information content (AvgIpc) is 2.42. The van der Waals surface area contributed by atoms with Crippen molar-refractivity contribution < 1.29 is 14.2 Å². The third-order valence-corrected chi connectivity index (χ3v) is 5.44. The van der Waals surface area contributed by atoms with E-state index in [1.165, 1.54) is 0 Å². The highest BCUT2D eigenvalue weighted by Gasteiger charge is 2.24. The molecule has 4 nitrogen and oxygen atoms in total. The highest BCUT2D eigenvalue weighted by molar-refractivity contribution is 6.38. The van der Waals surface area contributed by atoms with E-state index in [4.69, 9.17) is 14.2 Å². The third-order valence-electron chi connectivity index (χ3n) is 3.48. The molecule has 0 radical (unpaired) electrons. The largest absolute Gasteiger partial charge is 0.382 e. The molecule has 122 valence electrons.